The lowest BCUT2D eigenvalue weighted by molar-refractivity contribution is 0.416. The number of aryl methyl sites for hydroxylation is 1. The van der Waals surface area contributed by atoms with E-state index in [1.807, 2.05) is 43.3 Å². The molecule has 2 aromatic rings. The summed E-state index contributed by atoms with van der Waals surface area (Å²) >= 11 is 6.06. The van der Waals surface area contributed by atoms with Gasteiger partial charge in [0, 0.05) is 16.7 Å². The Balaban J connectivity index is 2.45. The average molecular weight is 275 g/mol. The van der Waals surface area contributed by atoms with E-state index in [9.17, 15) is 0 Å². The highest BCUT2D eigenvalue weighted by molar-refractivity contribution is 6.31. The first-order valence-electron chi connectivity index (χ1n) is 5.85. The zero-order valence-electron chi connectivity index (χ0n) is 10.9. The fourth-order valence-corrected chi connectivity index (χ4v) is 1.86. The molecule has 0 amide bonds. The summed E-state index contributed by atoms with van der Waals surface area (Å²) in [5.41, 5.74) is 8.48. The summed E-state index contributed by atoms with van der Waals surface area (Å²) in [5, 5.41) is 0.647. The second-order valence-corrected chi connectivity index (χ2v) is 4.54. The molecule has 2 rings (SSSR count). The SMILES string of the molecule is COc1cc(Cl)c(C)cc1N=C(N)c1ccccc1. The second kappa shape index (κ2) is 5.76. The van der Waals surface area contributed by atoms with Crippen LogP contribution in [-0.2, 0) is 0 Å². The lowest BCUT2D eigenvalue weighted by atomic mass is 10.2. The second-order valence-electron chi connectivity index (χ2n) is 4.14. The summed E-state index contributed by atoms with van der Waals surface area (Å²) in [7, 11) is 1.58. The van der Waals surface area contributed by atoms with Crippen molar-refractivity contribution in [2.75, 3.05) is 7.11 Å². The van der Waals surface area contributed by atoms with Gasteiger partial charge in [-0.1, -0.05) is 41.9 Å². The third-order valence-electron chi connectivity index (χ3n) is 2.77. The van der Waals surface area contributed by atoms with Crippen LogP contribution in [0.4, 0.5) is 5.69 Å². The zero-order chi connectivity index (χ0) is 13.8. The molecule has 2 N–H and O–H groups in total. The fraction of sp³-hybridized carbons (Fsp3) is 0.133. The highest BCUT2D eigenvalue weighted by Gasteiger charge is 2.07. The molecular weight excluding hydrogens is 260 g/mol. The summed E-state index contributed by atoms with van der Waals surface area (Å²) in [6, 6.07) is 13.2. The first-order valence-corrected chi connectivity index (χ1v) is 6.23. The highest BCUT2D eigenvalue weighted by Crippen LogP contribution is 2.33. The number of hydrogen-bond donors (Lipinski definition) is 1. The average Bonchev–Trinajstić information content (AvgIpc) is 2.43. The Morgan fingerprint density at radius 1 is 1.21 bits per heavy atom. The normalized spacial score (nSPS) is 11.4. The predicted octanol–water partition coefficient (Wildman–Crippen LogP) is 3.69. The Kier molecular flexibility index (Phi) is 4.07. The molecule has 0 fully saturated rings. The van der Waals surface area contributed by atoms with Gasteiger partial charge in [0.1, 0.15) is 17.3 Å². The third-order valence-corrected chi connectivity index (χ3v) is 3.18. The van der Waals surface area contributed by atoms with Crippen LogP contribution in [0.5, 0.6) is 5.75 Å². The van der Waals surface area contributed by atoms with Gasteiger partial charge in [0.2, 0.25) is 0 Å². The first-order chi connectivity index (χ1) is 9.11. The summed E-state index contributed by atoms with van der Waals surface area (Å²) in [5.74, 6) is 1.05. The van der Waals surface area contributed by atoms with Crippen LogP contribution in [0, 0.1) is 6.92 Å². The summed E-state index contributed by atoms with van der Waals surface area (Å²) < 4.78 is 5.27. The van der Waals surface area contributed by atoms with Gasteiger partial charge in [0.05, 0.1) is 7.11 Å². The quantitative estimate of drug-likeness (QED) is 0.685. The van der Waals surface area contributed by atoms with Crippen molar-refractivity contribution in [2.45, 2.75) is 6.92 Å². The van der Waals surface area contributed by atoms with E-state index in [1.165, 1.54) is 0 Å². The smallest absolute Gasteiger partial charge is 0.146 e. The molecule has 0 bridgehead atoms. The van der Waals surface area contributed by atoms with Crippen LogP contribution < -0.4 is 10.5 Å². The number of methoxy groups -OCH3 is 1. The highest BCUT2D eigenvalue weighted by atomic mass is 35.5. The van der Waals surface area contributed by atoms with Crippen LogP contribution in [-0.4, -0.2) is 12.9 Å². The van der Waals surface area contributed by atoms with E-state index in [2.05, 4.69) is 4.99 Å². The Hall–Kier alpha value is -2.00. The molecule has 0 aromatic heterocycles. The maximum absolute atomic E-state index is 6.06. The van der Waals surface area contributed by atoms with Gasteiger partial charge in [-0.25, -0.2) is 4.99 Å². The molecule has 0 radical (unpaired) electrons. The molecule has 19 heavy (non-hydrogen) atoms. The van der Waals surface area contributed by atoms with Crippen LogP contribution in [0.25, 0.3) is 0 Å². The van der Waals surface area contributed by atoms with Gasteiger partial charge in [0.25, 0.3) is 0 Å². The number of benzene rings is 2. The number of rotatable bonds is 3. The largest absolute Gasteiger partial charge is 0.494 e. The molecule has 0 atom stereocenters. The molecule has 3 nitrogen and oxygen atoms in total. The molecule has 98 valence electrons. The van der Waals surface area contributed by atoms with Gasteiger partial charge < -0.3 is 10.5 Å². The van der Waals surface area contributed by atoms with Crippen LogP contribution in [0.2, 0.25) is 5.02 Å². The maximum Gasteiger partial charge on any atom is 0.146 e. The third kappa shape index (κ3) is 3.06. The first kappa shape index (κ1) is 13.4. The molecular formula is C15H15ClN2O. The summed E-state index contributed by atoms with van der Waals surface area (Å²) in [4.78, 5) is 4.41. The zero-order valence-corrected chi connectivity index (χ0v) is 11.6. The Labute approximate surface area is 117 Å². The van der Waals surface area contributed by atoms with Gasteiger partial charge >= 0.3 is 0 Å². The van der Waals surface area contributed by atoms with Crippen molar-refractivity contribution in [3.63, 3.8) is 0 Å². The van der Waals surface area contributed by atoms with Crippen molar-refractivity contribution in [3.8, 4) is 5.75 Å². The molecule has 0 saturated heterocycles. The molecule has 0 unspecified atom stereocenters. The van der Waals surface area contributed by atoms with E-state index in [0.717, 1.165) is 11.1 Å². The molecule has 0 heterocycles. The predicted molar refractivity (Wildman–Crippen MR) is 79.6 cm³/mol. The minimum absolute atomic E-state index is 0.445. The minimum atomic E-state index is 0.445. The van der Waals surface area contributed by atoms with Crippen molar-refractivity contribution >= 4 is 23.1 Å². The number of halogens is 1. The fourth-order valence-electron chi connectivity index (χ4n) is 1.70. The van der Waals surface area contributed by atoms with Gasteiger partial charge in [-0.05, 0) is 18.6 Å². The number of hydrogen-bond acceptors (Lipinski definition) is 2. The van der Waals surface area contributed by atoms with Crippen LogP contribution in [0.1, 0.15) is 11.1 Å². The van der Waals surface area contributed by atoms with Crippen LogP contribution in [0.15, 0.2) is 47.5 Å². The number of nitrogens with zero attached hydrogens (tertiary/aromatic N) is 1. The maximum atomic E-state index is 6.06. The van der Waals surface area contributed by atoms with Crippen molar-refractivity contribution in [1.82, 2.24) is 0 Å². The number of amidine groups is 1. The standard InChI is InChI=1S/C15H15ClN2O/c1-10-8-13(14(19-2)9-12(10)16)18-15(17)11-6-4-3-5-7-11/h3-9H,1-2H3,(H2,17,18). The Morgan fingerprint density at radius 3 is 2.53 bits per heavy atom. The number of ether oxygens (including phenoxy) is 1. The van der Waals surface area contributed by atoms with Crippen LogP contribution in [0.3, 0.4) is 0 Å². The molecule has 2 aromatic carbocycles. The Bertz CT molecular complexity index is 609. The Morgan fingerprint density at radius 2 is 1.89 bits per heavy atom. The van der Waals surface area contributed by atoms with Gasteiger partial charge in [0.15, 0.2) is 0 Å². The van der Waals surface area contributed by atoms with Gasteiger partial charge in [-0.2, -0.15) is 0 Å². The van der Waals surface area contributed by atoms with Crippen molar-refractivity contribution in [2.24, 2.45) is 10.7 Å². The topological polar surface area (TPSA) is 47.6 Å². The van der Waals surface area contributed by atoms with Gasteiger partial charge in [-0.15, -0.1) is 0 Å². The van der Waals surface area contributed by atoms with E-state index in [4.69, 9.17) is 22.1 Å². The number of aliphatic imine (C=N–C) groups is 1. The lowest BCUT2D eigenvalue weighted by Gasteiger charge is -2.08. The molecule has 0 spiro atoms. The summed E-state index contributed by atoms with van der Waals surface area (Å²) in [6.07, 6.45) is 0. The van der Waals surface area contributed by atoms with E-state index in [-0.39, 0.29) is 0 Å². The van der Waals surface area contributed by atoms with E-state index < -0.39 is 0 Å². The van der Waals surface area contributed by atoms with Crippen molar-refractivity contribution < 1.29 is 4.74 Å². The minimum Gasteiger partial charge on any atom is -0.494 e. The van der Waals surface area contributed by atoms with Crippen molar-refractivity contribution in [1.29, 1.82) is 0 Å². The molecule has 0 aliphatic carbocycles. The molecule has 4 heteroatoms. The molecule has 0 aliphatic heterocycles. The molecule has 0 aliphatic rings. The van der Waals surface area contributed by atoms with Crippen molar-refractivity contribution in [3.05, 3.63) is 58.6 Å². The summed E-state index contributed by atoms with van der Waals surface area (Å²) in [6.45, 7) is 1.92. The number of nitrogens with two attached hydrogens (primary N) is 1. The van der Waals surface area contributed by atoms with E-state index >= 15 is 0 Å². The molecule has 0 saturated carbocycles. The van der Waals surface area contributed by atoms with Gasteiger partial charge in [-0.3, -0.25) is 0 Å². The lowest BCUT2D eigenvalue weighted by Crippen LogP contribution is -2.12. The monoisotopic (exact) mass is 274 g/mol. The van der Waals surface area contributed by atoms with E-state index in [1.54, 1.807) is 13.2 Å². The van der Waals surface area contributed by atoms with E-state index in [0.29, 0.717) is 22.3 Å². The van der Waals surface area contributed by atoms with Crippen LogP contribution >= 0.6 is 11.6 Å².